The Kier molecular flexibility index (Phi) is 11.0. The van der Waals surface area contributed by atoms with E-state index in [-0.39, 0.29) is 12.5 Å². The average Bonchev–Trinajstić information content (AvgIpc) is 2.28. The van der Waals surface area contributed by atoms with Gasteiger partial charge in [0.15, 0.2) is 0 Å². The second-order valence-corrected chi connectivity index (χ2v) is 4.70. The summed E-state index contributed by atoms with van der Waals surface area (Å²) in [4.78, 5) is 11.0. The molecule has 0 fully saturated rings. The molecule has 0 aliphatic heterocycles. The molecule has 0 saturated carbocycles. The van der Waals surface area contributed by atoms with E-state index in [0.29, 0.717) is 32.3 Å². The number of carbonyl (C=O) groups is 1. The molecule has 0 aliphatic carbocycles. The first-order chi connectivity index (χ1) is 8.56. The van der Waals surface area contributed by atoms with Crippen LogP contribution >= 0.6 is 0 Å². The van der Waals surface area contributed by atoms with E-state index in [0.717, 1.165) is 12.8 Å². The summed E-state index contributed by atoms with van der Waals surface area (Å²) in [7, 11) is 0. The van der Waals surface area contributed by atoms with Gasteiger partial charge in [-0.05, 0) is 25.7 Å². The third-order valence-electron chi connectivity index (χ3n) is 2.34. The zero-order valence-corrected chi connectivity index (χ0v) is 11.8. The van der Waals surface area contributed by atoms with Crippen molar-refractivity contribution < 1.29 is 19.4 Å². The summed E-state index contributed by atoms with van der Waals surface area (Å²) in [5.41, 5.74) is 0. The highest BCUT2D eigenvalue weighted by molar-refractivity contribution is 5.71. The van der Waals surface area contributed by atoms with Crippen LogP contribution in [-0.2, 0) is 14.3 Å². The molecule has 0 aromatic carbocycles. The van der Waals surface area contributed by atoms with E-state index in [9.17, 15) is 9.90 Å². The zero-order chi connectivity index (χ0) is 13.8. The summed E-state index contributed by atoms with van der Waals surface area (Å²) in [6.07, 6.45) is 1.57. The van der Waals surface area contributed by atoms with Crippen molar-refractivity contribution in [2.24, 2.45) is 5.92 Å². The molecule has 0 amide bonds. The molecule has 0 saturated heterocycles. The Labute approximate surface area is 110 Å². The fraction of sp³-hybridized carbons (Fsp3) is 0.923. The maximum Gasteiger partial charge on any atom is 0.319 e. The van der Waals surface area contributed by atoms with Gasteiger partial charge in [0.05, 0.1) is 25.9 Å². The molecule has 1 atom stereocenters. The van der Waals surface area contributed by atoms with Crippen molar-refractivity contribution in [1.29, 1.82) is 0 Å². The average molecular weight is 261 g/mol. The van der Waals surface area contributed by atoms with E-state index in [1.807, 2.05) is 0 Å². The number of nitrogens with one attached hydrogen (secondary N) is 1. The highest BCUT2D eigenvalue weighted by atomic mass is 16.5. The van der Waals surface area contributed by atoms with Crippen LogP contribution in [0.25, 0.3) is 0 Å². The minimum absolute atomic E-state index is 0.123. The highest BCUT2D eigenvalue weighted by Crippen LogP contribution is 2.03. The maximum atomic E-state index is 11.0. The number of aliphatic hydroxyl groups excluding tert-OH is 1. The van der Waals surface area contributed by atoms with Crippen molar-refractivity contribution in [3.05, 3.63) is 0 Å². The second kappa shape index (κ2) is 11.4. The fourth-order valence-corrected chi connectivity index (χ4v) is 1.42. The predicted octanol–water partition coefficient (Wildman–Crippen LogP) is 0.953. The van der Waals surface area contributed by atoms with Crippen molar-refractivity contribution in [1.82, 2.24) is 5.32 Å². The monoisotopic (exact) mass is 261 g/mol. The summed E-state index contributed by atoms with van der Waals surface area (Å²) in [6.45, 7) is 7.92. The lowest BCUT2D eigenvalue weighted by atomic mass is 10.1. The molecule has 5 nitrogen and oxygen atoms in total. The molecule has 0 spiro atoms. The predicted molar refractivity (Wildman–Crippen MR) is 70.4 cm³/mol. The molecular formula is C13H27NO4. The summed E-state index contributed by atoms with van der Waals surface area (Å²) >= 11 is 0. The van der Waals surface area contributed by atoms with E-state index in [4.69, 9.17) is 9.47 Å². The molecule has 5 heteroatoms. The van der Waals surface area contributed by atoms with Crippen LogP contribution in [0, 0.1) is 5.92 Å². The van der Waals surface area contributed by atoms with Crippen LogP contribution < -0.4 is 5.32 Å². The third kappa shape index (κ3) is 11.8. The highest BCUT2D eigenvalue weighted by Gasteiger charge is 2.06. The Morgan fingerprint density at radius 2 is 2.11 bits per heavy atom. The first kappa shape index (κ1) is 17.4. The molecule has 0 rings (SSSR count). The Morgan fingerprint density at radius 1 is 1.39 bits per heavy atom. The van der Waals surface area contributed by atoms with Crippen molar-refractivity contribution in [2.75, 3.05) is 32.9 Å². The number of rotatable bonds is 11. The number of hydrogen-bond acceptors (Lipinski definition) is 5. The molecule has 0 aromatic heterocycles. The number of carbonyl (C=O) groups excluding carboxylic acids is 1. The van der Waals surface area contributed by atoms with Crippen molar-refractivity contribution in [2.45, 2.75) is 39.7 Å². The van der Waals surface area contributed by atoms with Gasteiger partial charge in [0, 0.05) is 13.2 Å². The van der Waals surface area contributed by atoms with Crippen LogP contribution in [0.3, 0.4) is 0 Å². The smallest absolute Gasteiger partial charge is 0.319 e. The molecule has 0 heterocycles. The molecule has 0 radical (unpaired) electrons. The topological polar surface area (TPSA) is 67.8 Å². The Bertz CT molecular complexity index is 209. The van der Waals surface area contributed by atoms with E-state index in [2.05, 4.69) is 19.2 Å². The van der Waals surface area contributed by atoms with Gasteiger partial charge in [0.1, 0.15) is 0 Å². The van der Waals surface area contributed by atoms with E-state index >= 15 is 0 Å². The van der Waals surface area contributed by atoms with Crippen LogP contribution in [0.2, 0.25) is 0 Å². The van der Waals surface area contributed by atoms with Crippen LogP contribution in [0.1, 0.15) is 33.6 Å². The fourth-order valence-electron chi connectivity index (χ4n) is 1.42. The van der Waals surface area contributed by atoms with Crippen LogP contribution in [0.4, 0.5) is 0 Å². The van der Waals surface area contributed by atoms with Gasteiger partial charge in [-0.3, -0.25) is 4.79 Å². The van der Waals surface area contributed by atoms with Crippen LogP contribution in [0.15, 0.2) is 0 Å². The molecule has 18 heavy (non-hydrogen) atoms. The lowest BCUT2D eigenvalue weighted by Crippen LogP contribution is -2.34. The molecule has 1 unspecified atom stereocenters. The van der Waals surface area contributed by atoms with E-state index < -0.39 is 6.10 Å². The SMILES string of the molecule is CCOC(=O)CNCC(O)COCCCC(C)C. The zero-order valence-electron chi connectivity index (χ0n) is 11.8. The summed E-state index contributed by atoms with van der Waals surface area (Å²) < 4.78 is 10.1. The lowest BCUT2D eigenvalue weighted by Gasteiger charge is -2.12. The molecule has 0 aliphatic rings. The van der Waals surface area contributed by atoms with Crippen LogP contribution in [0.5, 0.6) is 0 Å². The van der Waals surface area contributed by atoms with E-state index in [1.165, 1.54) is 0 Å². The Morgan fingerprint density at radius 3 is 2.72 bits per heavy atom. The minimum atomic E-state index is -0.585. The molecule has 0 aromatic rings. The van der Waals surface area contributed by atoms with E-state index in [1.54, 1.807) is 6.92 Å². The summed E-state index contributed by atoms with van der Waals surface area (Å²) in [5, 5.41) is 12.4. The first-order valence-electron chi connectivity index (χ1n) is 6.68. The maximum absolute atomic E-state index is 11.0. The molecular weight excluding hydrogens is 234 g/mol. The van der Waals surface area contributed by atoms with Gasteiger partial charge in [-0.15, -0.1) is 0 Å². The summed E-state index contributed by atoms with van der Waals surface area (Å²) in [5.74, 6) is 0.382. The lowest BCUT2D eigenvalue weighted by molar-refractivity contribution is -0.142. The number of ether oxygens (including phenoxy) is 2. The van der Waals surface area contributed by atoms with Gasteiger partial charge < -0.3 is 19.9 Å². The minimum Gasteiger partial charge on any atom is -0.465 e. The first-order valence-corrected chi connectivity index (χ1v) is 6.68. The van der Waals surface area contributed by atoms with Gasteiger partial charge in [-0.1, -0.05) is 13.8 Å². The number of esters is 1. The standard InChI is InChI=1S/C13H27NO4/c1-4-18-13(16)9-14-8-12(15)10-17-7-5-6-11(2)3/h11-12,14-15H,4-10H2,1-3H3. The third-order valence-corrected chi connectivity index (χ3v) is 2.34. The van der Waals surface area contributed by atoms with Crippen molar-refractivity contribution in [3.63, 3.8) is 0 Å². The van der Waals surface area contributed by atoms with Gasteiger partial charge in [0.25, 0.3) is 0 Å². The van der Waals surface area contributed by atoms with Gasteiger partial charge in [-0.2, -0.15) is 0 Å². The Hall–Kier alpha value is -0.650. The van der Waals surface area contributed by atoms with Crippen molar-refractivity contribution >= 4 is 5.97 Å². The largest absolute Gasteiger partial charge is 0.465 e. The normalized spacial score (nSPS) is 12.7. The van der Waals surface area contributed by atoms with Crippen molar-refractivity contribution in [3.8, 4) is 0 Å². The second-order valence-electron chi connectivity index (χ2n) is 4.70. The van der Waals surface area contributed by atoms with Gasteiger partial charge in [-0.25, -0.2) is 0 Å². The quantitative estimate of drug-likeness (QED) is 0.428. The molecule has 0 bridgehead atoms. The summed E-state index contributed by atoms with van der Waals surface area (Å²) in [6, 6.07) is 0. The Balaban J connectivity index is 3.32. The van der Waals surface area contributed by atoms with Crippen LogP contribution in [-0.4, -0.2) is 50.1 Å². The van der Waals surface area contributed by atoms with Gasteiger partial charge >= 0.3 is 5.97 Å². The molecule has 2 N–H and O–H groups in total. The van der Waals surface area contributed by atoms with Gasteiger partial charge in [0.2, 0.25) is 0 Å². The molecule has 108 valence electrons. The number of aliphatic hydroxyl groups is 1. The number of hydrogen-bond donors (Lipinski definition) is 2.